The molecule has 0 aliphatic carbocycles. The molecular weight excluding hydrogens is 346 g/mol. The predicted molar refractivity (Wildman–Crippen MR) is 90.1 cm³/mol. The molecule has 25 heavy (non-hydrogen) atoms. The van der Waals surface area contributed by atoms with Crippen LogP contribution in [0.2, 0.25) is 0 Å². The Hall–Kier alpha value is -2.65. The molecule has 1 N–H and O–H groups in total. The van der Waals surface area contributed by atoms with Gasteiger partial charge in [-0.3, -0.25) is 0 Å². The zero-order valence-corrected chi connectivity index (χ0v) is 14.7. The molecule has 8 nitrogen and oxygen atoms in total. The minimum absolute atomic E-state index is 0.0000343. The van der Waals surface area contributed by atoms with Crippen LogP contribution in [0, 0.1) is 0 Å². The number of hydrogen-bond donors (Lipinski definition) is 1. The summed E-state index contributed by atoms with van der Waals surface area (Å²) in [6.45, 7) is 1.72. The summed E-state index contributed by atoms with van der Waals surface area (Å²) < 4.78 is 43.4. The third-order valence-corrected chi connectivity index (χ3v) is 5.35. The topological polar surface area (TPSA) is 104 Å². The standard InChI is InChI=1S/C16H17N3O5S/c1-10(12-9-11(22-2)7-8-14(12)23-3)19-25(20,21)15-6-4-5-13-16(15)18-24-17-13/h4-10,19H,1-3H3. The van der Waals surface area contributed by atoms with E-state index in [9.17, 15) is 8.42 Å². The van der Waals surface area contributed by atoms with E-state index in [1.54, 1.807) is 44.4 Å². The van der Waals surface area contributed by atoms with Gasteiger partial charge in [-0.15, -0.1) is 0 Å². The molecule has 0 saturated carbocycles. The van der Waals surface area contributed by atoms with Gasteiger partial charge in [-0.05, 0) is 47.6 Å². The van der Waals surface area contributed by atoms with Crippen molar-refractivity contribution in [2.75, 3.05) is 14.2 Å². The van der Waals surface area contributed by atoms with Crippen LogP contribution in [0.3, 0.4) is 0 Å². The number of aromatic nitrogens is 2. The average Bonchev–Trinajstić information content (AvgIpc) is 3.09. The molecule has 0 radical (unpaired) electrons. The molecule has 0 amide bonds. The van der Waals surface area contributed by atoms with Crippen LogP contribution in [0.4, 0.5) is 0 Å². The summed E-state index contributed by atoms with van der Waals surface area (Å²) in [7, 11) is -0.795. The van der Waals surface area contributed by atoms with Gasteiger partial charge in [0, 0.05) is 11.6 Å². The van der Waals surface area contributed by atoms with Crippen LogP contribution in [-0.2, 0) is 10.0 Å². The first kappa shape index (κ1) is 17.2. The maximum Gasteiger partial charge on any atom is 0.243 e. The first-order chi connectivity index (χ1) is 12.0. The maximum atomic E-state index is 12.8. The van der Waals surface area contributed by atoms with Crippen molar-refractivity contribution in [3.8, 4) is 11.5 Å². The maximum absolute atomic E-state index is 12.8. The summed E-state index contributed by atoms with van der Waals surface area (Å²) >= 11 is 0. The number of nitrogens with zero attached hydrogens (tertiary/aromatic N) is 2. The van der Waals surface area contributed by atoms with Gasteiger partial charge >= 0.3 is 0 Å². The molecule has 1 heterocycles. The quantitative estimate of drug-likeness (QED) is 0.716. The number of benzene rings is 2. The van der Waals surface area contributed by atoms with E-state index in [1.165, 1.54) is 13.2 Å². The smallest absolute Gasteiger partial charge is 0.243 e. The lowest BCUT2D eigenvalue weighted by Gasteiger charge is -2.18. The highest BCUT2D eigenvalue weighted by molar-refractivity contribution is 7.89. The van der Waals surface area contributed by atoms with Gasteiger partial charge in [-0.2, -0.15) is 0 Å². The third kappa shape index (κ3) is 3.28. The zero-order valence-electron chi connectivity index (χ0n) is 13.9. The highest BCUT2D eigenvalue weighted by Crippen LogP contribution is 2.30. The highest BCUT2D eigenvalue weighted by Gasteiger charge is 2.24. The van der Waals surface area contributed by atoms with Gasteiger partial charge in [0.05, 0.1) is 14.2 Å². The molecule has 0 bridgehead atoms. The summed E-state index contributed by atoms with van der Waals surface area (Å²) in [6, 6.07) is 9.28. The largest absolute Gasteiger partial charge is 0.497 e. The minimum atomic E-state index is -3.86. The lowest BCUT2D eigenvalue weighted by atomic mass is 10.1. The Bertz CT molecular complexity index is 1000. The second kappa shape index (κ2) is 6.69. The Labute approximate surface area is 144 Å². The van der Waals surface area contributed by atoms with Crippen LogP contribution in [0.25, 0.3) is 11.0 Å². The Balaban J connectivity index is 1.97. The third-order valence-electron chi connectivity index (χ3n) is 3.77. The summed E-state index contributed by atoms with van der Waals surface area (Å²) in [5.74, 6) is 1.15. The summed E-state index contributed by atoms with van der Waals surface area (Å²) in [5.41, 5.74) is 1.20. The second-order valence-electron chi connectivity index (χ2n) is 5.34. The van der Waals surface area contributed by atoms with Crippen molar-refractivity contribution in [1.29, 1.82) is 0 Å². The fraction of sp³-hybridized carbons (Fsp3) is 0.250. The number of nitrogens with one attached hydrogen (secondary N) is 1. The fourth-order valence-corrected chi connectivity index (χ4v) is 3.91. The van der Waals surface area contributed by atoms with Gasteiger partial charge in [0.25, 0.3) is 0 Å². The van der Waals surface area contributed by atoms with Gasteiger partial charge in [0.15, 0.2) is 5.52 Å². The van der Waals surface area contributed by atoms with Gasteiger partial charge < -0.3 is 9.47 Å². The molecule has 0 fully saturated rings. The molecule has 3 aromatic rings. The van der Waals surface area contributed by atoms with Crippen molar-refractivity contribution < 1.29 is 22.5 Å². The normalized spacial score (nSPS) is 12.9. The molecule has 0 spiro atoms. The van der Waals surface area contributed by atoms with Gasteiger partial charge in [-0.1, -0.05) is 6.07 Å². The average molecular weight is 363 g/mol. The lowest BCUT2D eigenvalue weighted by Crippen LogP contribution is -2.27. The predicted octanol–water partition coefficient (Wildman–Crippen LogP) is 2.28. The molecule has 0 saturated heterocycles. The van der Waals surface area contributed by atoms with Crippen LogP contribution in [0.15, 0.2) is 45.9 Å². The SMILES string of the molecule is COc1ccc(OC)c(C(C)NS(=O)(=O)c2cccc3nonc23)c1. The molecular formula is C16H17N3O5S. The van der Waals surface area contributed by atoms with E-state index in [4.69, 9.17) is 9.47 Å². The van der Waals surface area contributed by atoms with Crippen molar-refractivity contribution in [3.05, 3.63) is 42.0 Å². The van der Waals surface area contributed by atoms with Crippen LogP contribution in [-0.4, -0.2) is 33.0 Å². The molecule has 132 valence electrons. The van der Waals surface area contributed by atoms with Gasteiger partial charge in [0.1, 0.15) is 21.9 Å². The highest BCUT2D eigenvalue weighted by atomic mass is 32.2. The number of hydrogen-bond acceptors (Lipinski definition) is 7. The molecule has 1 unspecified atom stereocenters. The molecule has 9 heteroatoms. The minimum Gasteiger partial charge on any atom is -0.497 e. The van der Waals surface area contributed by atoms with Crippen LogP contribution in [0.1, 0.15) is 18.5 Å². The number of fused-ring (bicyclic) bond motifs is 1. The monoisotopic (exact) mass is 363 g/mol. The Morgan fingerprint density at radius 3 is 2.64 bits per heavy atom. The first-order valence-electron chi connectivity index (χ1n) is 7.42. The van der Waals surface area contributed by atoms with E-state index in [1.807, 2.05) is 0 Å². The summed E-state index contributed by atoms with van der Waals surface area (Å²) in [4.78, 5) is -0.0000343. The lowest BCUT2D eigenvalue weighted by molar-refractivity contribution is 0.315. The number of ether oxygens (including phenoxy) is 2. The Morgan fingerprint density at radius 2 is 1.92 bits per heavy atom. The van der Waals surface area contributed by atoms with E-state index < -0.39 is 16.1 Å². The fourth-order valence-electron chi connectivity index (χ4n) is 2.54. The van der Waals surface area contributed by atoms with Crippen LogP contribution in [0.5, 0.6) is 11.5 Å². The van der Waals surface area contributed by atoms with Crippen molar-refractivity contribution in [2.24, 2.45) is 0 Å². The first-order valence-corrected chi connectivity index (χ1v) is 8.90. The van der Waals surface area contributed by atoms with Gasteiger partial charge in [-0.25, -0.2) is 17.8 Å². The van der Waals surface area contributed by atoms with Crippen molar-refractivity contribution in [1.82, 2.24) is 15.0 Å². The summed E-state index contributed by atoms with van der Waals surface area (Å²) in [5, 5.41) is 7.34. The molecule has 1 atom stereocenters. The molecule has 3 rings (SSSR count). The van der Waals surface area contributed by atoms with E-state index in [2.05, 4.69) is 19.7 Å². The molecule has 0 aliphatic rings. The Kier molecular flexibility index (Phi) is 4.60. The molecule has 0 aliphatic heterocycles. The second-order valence-corrected chi connectivity index (χ2v) is 7.02. The van der Waals surface area contributed by atoms with Crippen molar-refractivity contribution in [2.45, 2.75) is 17.9 Å². The van der Waals surface area contributed by atoms with Gasteiger partial charge in [0.2, 0.25) is 10.0 Å². The van der Waals surface area contributed by atoms with Crippen LogP contribution < -0.4 is 14.2 Å². The van der Waals surface area contributed by atoms with Crippen LogP contribution >= 0.6 is 0 Å². The van der Waals surface area contributed by atoms with E-state index in [-0.39, 0.29) is 10.4 Å². The number of methoxy groups -OCH3 is 2. The van der Waals surface area contributed by atoms with E-state index >= 15 is 0 Å². The molecule has 1 aromatic heterocycles. The number of rotatable bonds is 6. The van der Waals surface area contributed by atoms with E-state index in [0.717, 1.165) is 0 Å². The summed E-state index contributed by atoms with van der Waals surface area (Å²) in [6.07, 6.45) is 0. The zero-order chi connectivity index (χ0) is 18.0. The number of sulfonamides is 1. The Morgan fingerprint density at radius 1 is 1.12 bits per heavy atom. The van der Waals surface area contributed by atoms with Crippen molar-refractivity contribution >= 4 is 21.1 Å². The van der Waals surface area contributed by atoms with Crippen molar-refractivity contribution in [3.63, 3.8) is 0 Å². The molecule has 2 aromatic carbocycles. The van der Waals surface area contributed by atoms with E-state index in [0.29, 0.717) is 22.6 Å².